The van der Waals surface area contributed by atoms with Gasteiger partial charge < -0.3 is 23.5 Å². The minimum atomic E-state index is -0.142. The highest BCUT2D eigenvalue weighted by Gasteiger charge is 2.44. The van der Waals surface area contributed by atoms with Crippen LogP contribution in [0.3, 0.4) is 0 Å². The third-order valence-electron chi connectivity index (χ3n) is 24.4. The van der Waals surface area contributed by atoms with Crippen LogP contribution in [-0.2, 0) is 0 Å². The van der Waals surface area contributed by atoms with Crippen LogP contribution in [0.25, 0.3) is 160 Å². The van der Waals surface area contributed by atoms with Crippen molar-refractivity contribution in [2.45, 2.75) is 0 Å². The predicted octanol–water partition coefficient (Wildman–Crippen LogP) is 26.5. The fourth-order valence-electron chi connectivity index (χ4n) is 19.2. The van der Waals surface area contributed by atoms with Gasteiger partial charge >= 0.3 is 0 Å². The molecule has 0 bridgehead atoms. The molecule has 0 N–H and O–H groups in total. The van der Waals surface area contributed by atoms with Crippen molar-refractivity contribution < 1.29 is 0 Å². The maximum atomic E-state index is 11.2. The van der Waals surface area contributed by atoms with Crippen LogP contribution in [-0.4, -0.2) is 20.4 Å². The number of aromatic nitrogens is 3. The lowest BCUT2D eigenvalue weighted by Gasteiger charge is -2.44. The van der Waals surface area contributed by atoms with Gasteiger partial charge in [-0.25, -0.2) is 0 Å². The third kappa shape index (κ3) is 10.8. The van der Waals surface area contributed by atoms with E-state index in [0.717, 1.165) is 194 Å². The van der Waals surface area contributed by atoms with Crippen LogP contribution in [0.5, 0.6) is 0 Å². The van der Waals surface area contributed by atoms with Gasteiger partial charge in [0.25, 0.3) is 6.71 Å². The number of hydrogen-bond acceptors (Lipinski definition) is 4. The molecule has 118 heavy (non-hydrogen) atoms. The summed E-state index contributed by atoms with van der Waals surface area (Å²) in [6.45, 7) is -0.142. The summed E-state index contributed by atoms with van der Waals surface area (Å²) >= 11 is 0. The SMILES string of the molecule is N#Cc1ccc(-n2c3ccccc3c3ccccc32)c(-c2ccc(-n3c4ccccc4c4cc(-c5cc6c7c(c5)N(c5cc(-c8ccccc8)cc(-c8ccccc8)c5)c5ccccc5B7c5ccccc5N6c5cc(-c6ccccc6)cc(-c6ccccc6)c5)ccc43)c(-c3cc(C#N)ccc3-n3c4ccccc4c4ccccc43)c2)c1. The van der Waals surface area contributed by atoms with Crippen molar-refractivity contribution in [1.82, 2.24) is 13.7 Å². The van der Waals surface area contributed by atoms with Crippen molar-refractivity contribution in [2.75, 3.05) is 9.80 Å². The van der Waals surface area contributed by atoms with Gasteiger partial charge in [0, 0.05) is 83.1 Å². The molecule has 0 fully saturated rings. The molecule has 0 saturated carbocycles. The Hall–Kier alpha value is -16.0. The van der Waals surface area contributed by atoms with Gasteiger partial charge in [0.1, 0.15) is 0 Å². The Kier molecular flexibility index (Phi) is 15.7. The van der Waals surface area contributed by atoms with Crippen LogP contribution in [0.15, 0.2) is 413 Å². The summed E-state index contributed by atoms with van der Waals surface area (Å²) < 4.78 is 7.15. The molecular formula is C110H68BN7. The smallest absolute Gasteiger partial charge is 0.252 e. The maximum absolute atomic E-state index is 11.2. The largest absolute Gasteiger partial charge is 0.311 e. The summed E-state index contributed by atoms with van der Waals surface area (Å²) in [4.78, 5) is 5.11. The van der Waals surface area contributed by atoms with Crippen molar-refractivity contribution in [1.29, 1.82) is 10.5 Å². The van der Waals surface area contributed by atoms with Crippen LogP contribution in [0, 0.1) is 22.7 Å². The first-order valence-electron chi connectivity index (χ1n) is 40.2. The quantitative estimate of drug-likeness (QED) is 0.114. The van der Waals surface area contributed by atoms with Crippen molar-refractivity contribution in [3.05, 3.63) is 424 Å². The van der Waals surface area contributed by atoms with Crippen LogP contribution >= 0.6 is 0 Å². The summed E-state index contributed by atoms with van der Waals surface area (Å²) in [5.74, 6) is 0. The monoisotopic (exact) mass is 1500 g/mol. The fraction of sp³-hybridized carbons (Fsp3) is 0. The zero-order valence-corrected chi connectivity index (χ0v) is 64.0. The maximum Gasteiger partial charge on any atom is 0.252 e. The van der Waals surface area contributed by atoms with Crippen molar-refractivity contribution in [3.63, 3.8) is 0 Å². The van der Waals surface area contributed by atoms with Gasteiger partial charge in [0.15, 0.2) is 0 Å². The molecule has 0 radical (unpaired) electrons. The number of fused-ring (bicyclic) bond motifs is 13. The van der Waals surface area contributed by atoms with Gasteiger partial charge in [-0.2, -0.15) is 10.5 Å². The molecule has 0 unspecified atom stereocenters. The molecule has 3 aromatic heterocycles. The molecule has 7 nitrogen and oxygen atoms in total. The molecule has 18 aromatic carbocycles. The predicted molar refractivity (Wildman–Crippen MR) is 491 cm³/mol. The first kappa shape index (κ1) is 67.7. The van der Waals surface area contributed by atoms with E-state index in [2.05, 4.69) is 430 Å². The molecule has 546 valence electrons. The summed E-state index contributed by atoms with van der Waals surface area (Å²) in [7, 11) is 0. The van der Waals surface area contributed by atoms with Crippen LogP contribution in [0.4, 0.5) is 34.1 Å². The Labute approximate surface area is 682 Å². The van der Waals surface area contributed by atoms with E-state index in [1.54, 1.807) is 0 Å². The molecule has 0 spiro atoms. The lowest BCUT2D eigenvalue weighted by Crippen LogP contribution is -2.61. The van der Waals surface area contributed by atoms with Crippen molar-refractivity contribution >= 4 is 123 Å². The molecule has 0 saturated heterocycles. The second-order valence-electron chi connectivity index (χ2n) is 30.9. The highest BCUT2D eigenvalue weighted by molar-refractivity contribution is 7.00. The highest BCUT2D eigenvalue weighted by atomic mass is 15.2. The molecule has 23 rings (SSSR count). The van der Waals surface area contributed by atoms with Crippen LogP contribution < -0.4 is 26.2 Å². The first-order chi connectivity index (χ1) is 58.4. The highest BCUT2D eigenvalue weighted by Crippen LogP contribution is 2.51. The third-order valence-corrected chi connectivity index (χ3v) is 24.4. The van der Waals surface area contributed by atoms with Crippen molar-refractivity contribution in [2.24, 2.45) is 0 Å². The summed E-state index contributed by atoms with van der Waals surface area (Å²) in [5.41, 5.74) is 35.0. The average Bonchev–Trinajstić information content (AvgIpc) is 0.929. The number of para-hydroxylation sites is 7. The zero-order valence-electron chi connectivity index (χ0n) is 64.0. The number of anilines is 6. The Morgan fingerprint density at radius 3 is 0.915 bits per heavy atom. The molecule has 2 aliphatic rings. The Bertz CT molecular complexity index is 7370. The van der Waals surface area contributed by atoms with E-state index in [9.17, 15) is 10.5 Å². The number of rotatable bonds is 12. The Morgan fingerprint density at radius 1 is 0.195 bits per heavy atom. The van der Waals surface area contributed by atoms with Gasteiger partial charge in [-0.15, -0.1) is 0 Å². The number of nitrogens with zero attached hydrogens (tertiary/aromatic N) is 7. The van der Waals surface area contributed by atoms with E-state index < -0.39 is 0 Å². The minimum absolute atomic E-state index is 0.142. The standard InChI is InChI=1S/C110H68BN7/c112-69-71-49-53-102(116-97-42-20-13-35-86(97)87-36-14-21-43-98(87)116)91(57-71)78-52-56-105(94(66-78)92-58-72(70-113)50-54-103(92)117-99-44-22-15-37-88(99)89-38-16-23-45-100(89)117)118-101-46-24-17-39-90(101)93-65-77(51-55-104(93)118)83-67-108-110-109(68-83)115(85-63-81(75-31-9-3-10-32-75)60-82(64-85)76-33-11-4-12-34-76)107-48-26-19-41-96(107)111(110)95-40-18-25-47-106(95)114(108)84-61-79(73-27-5-1-6-28-73)59-80(62-84)74-29-7-2-8-30-74/h1-68H. The second-order valence-corrected chi connectivity index (χ2v) is 30.9. The molecule has 5 heterocycles. The van der Waals surface area contributed by atoms with Crippen molar-refractivity contribution in [3.8, 4) is 107 Å². The molecule has 0 aliphatic carbocycles. The average molecular weight is 1500 g/mol. The normalized spacial score (nSPS) is 12.2. The lowest BCUT2D eigenvalue weighted by molar-refractivity contribution is 1.16. The number of benzene rings is 18. The van der Waals surface area contributed by atoms with Gasteiger partial charge in [-0.3, -0.25) is 0 Å². The molecule has 0 atom stereocenters. The lowest BCUT2D eigenvalue weighted by atomic mass is 9.33. The molecule has 8 heteroatoms. The summed E-state index contributed by atoms with van der Waals surface area (Å²) in [5, 5.41) is 28.8. The topological polar surface area (TPSA) is 68.8 Å². The fourth-order valence-corrected chi connectivity index (χ4v) is 19.2. The number of hydrogen-bond donors (Lipinski definition) is 0. The molecule has 21 aromatic rings. The summed E-state index contributed by atoms with van der Waals surface area (Å²) in [6, 6.07) is 155. The van der Waals surface area contributed by atoms with Gasteiger partial charge in [-0.1, -0.05) is 261 Å². The minimum Gasteiger partial charge on any atom is -0.311 e. The number of nitriles is 2. The molecule has 2 aliphatic heterocycles. The van der Waals surface area contributed by atoms with E-state index in [4.69, 9.17) is 0 Å². The first-order valence-corrected chi connectivity index (χ1v) is 40.2. The van der Waals surface area contributed by atoms with Crippen LogP contribution in [0.2, 0.25) is 0 Å². The van der Waals surface area contributed by atoms with Gasteiger partial charge in [0.2, 0.25) is 0 Å². The molecule has 0 amide bonds. The Balaban J connectivity index is 0.790. The Morgan fingerprint density at radius 2 is 0.508 bits per heavy atom. The van der Waals surface area contributed by atoms with E-state index in [1.165, 1.54) is 16.4 Å². The van der Waals surface area contributed by atoms with Gasteiger partial charge in [-0.05, 0) is 229 Å². The van der Waals surface area contributed by atoms with Gasteiger partial charge in [0.05, 0.1) is 73.4 Å². The van der Waals surface area contributed by atoms with Crippen LogP contribution in [0.1, 0.15) is 11.1 Å². The zero-order chi connectivity index (χ0) is 78.1. The second kappa shape index (κ2) is 27.4. The molecular weight excluding hydrogens is 1430 g/mol. The van der Waals surface area contributed by atoms with E-state index in [1.807, 2.05) is 18.2 Å². The van der Waals surface area contributed by atoms with E-state index >= 15 is 0 Å². The summed E-state index contributed by atoms with van der Waals surface area (Å²) in [6.07, 6.45) is 0. The van der Waals surface area contributed by atoms with E-state index in [-0.39, 0.29) is 6.71 Å². The van der Waals surface area contributed by atoms with E-state index in [0.29, 0.717) is 11.1 Å².